The number of hydrogen-bond acceptors (Lipinski definition) is 2. The van der Waals surface area contributed by atoms with Crippen LogP contribution in [0.25, 0.3) is 0 Å². The molecule has 1 saturated heterocycles. The molecule has 2 N–H and O–H groups in total. The minimum absolute atomic E-state index is 0.00161. The van der Waals surface area contributed by atoms with Gasteiger partial charge >= 0.3 is 0 Å². The van der Waals surface area contributed by atoms with E-state index in [1.165, 1.54) is 25.7 Å². The summed E-state index contributed by atoms with van der Waals surface area (Å²) in [5, 5.41) is 6.66. The zero-order chi connectivity index (χ0) is 13.2. The van der Waals surface area contributed by atoms with Gasteiger partial charge in [0.05, 0.1) is 0 Å². The third-order valence-electron chi connectivity index (χ3n) is 4.71. The minimum Gasteiger partial charge on any atom is -0.351 e. The summed E-state index contributed by atoms with van der Waals surface area (Å²) in [6, 6.07) is 0. The van der Waals surface area contributed by atoms with Crippen molar-refractivity contribution in [2.45, 2.75) is 58.4 Å². The highest BCUT2D eigenvalue weighted by Gasteiger charge is 2.38. The van der Waals surface area contributed by atoms with E-state index < -0.39 is 0 Å². The Labute approximate surface area is 111 Å². The Morgan fingerprint density at radius 3 is 2.67 bits per heavy atom. The van der Waals surface area contributed by atoms with Gasteiger partial charge in [0.2, 0.25) is 5.91 Å². The van der Waals surface area contributed by atoms with Crippen molar-refractivity contribution in [1.29, 1.82) is 0 Å². The molecule has 1 aliphatic heterocycles. The van der Waals surface area contributed by atoms with Crippen molar-refractivity contribution < 1.29 is 4.79 Å². The van der Waals surface area contributed by atoms with E-state index in [4.69, 9.17) is 0 Å². The predicted molar refractivity (Wildman–Crippen MR) is 74.3 cm³/mol. The molecule has 0 bridgehead atoms. The van der Waals surface area contributed by atoms with Gasteiger partial charge in [-0.3, -0.25) is 4.79 Å². The maximum Gasteiger partial charge on any atom is 0.220 e. The van der Waals surface area contributed by atoms with Crippen LogP contribution in [0.5, 0.6) is 0 Å². The average molecular weight is 252 g/mol. The number of rotatable bonds is 5. The quantitative estimate of drug-likeness (QED) is 0.788. The van der Waals surface area contributed by atoms with Crippen LogP contribution in [0.3, 0.4) is 0 Å². The molecule has 0 aromatic heterocycles. The molecular formula is C15H28N2O. The SMILES string of the molecule is CC(CC(=O)NC(C)(C)C1CC1)C1CCCNC1. The number of piperidine rings is 1. The zero-order valence-corrected chi connectivity index (χ0v) is 12.1. The Kier molecular flexibility index (Phi) is 4.31. The van der Waals surface area contributed by atoms with Gasteiger partial charge in [-0.05, 0) is 70.4 Å². The van der Waals surface area contributed by atoms with Crippen LogP contribution in [0.2, 0.25) is 0 Å². The third-order valence-corrected chi connectivity index (χ3v) is 4.71. The first-order chi connectivity index (χ1) is 8.49. The van der Waals surface area contributed by atoms with Gasteiger partial charge in [-0.2, -0.15) is 0 Å². The molecule has 2 unspecified atom stereocenters. The average Bonchev–Trinajstić information content (AvgIpc) is 3.13. The van der Waals surface area contributed by atoms with E-state index in [0.717, 1.165) is 13.1 Å². The standard InChI is InChI=1S/C15H28N2O/c1-11(12-5-4-8-16-10-12)9-14(18)17-15(2,3)13-6-7-13/h11-13,16H,4-10H2,1-3H3,(H,17,18). The van der Waals surface area contributed by atoms with Gasteiger partial charge in [0.25, 0.3) is 0 Å². The molecule has 1 amide bonds. The van der Waals surface area contributed by atoms with E-state index in [1.54, 1.807) is 0 Å². The zero-order valence-electron chi connectivity index (χ0n) is 12.1. The van der Waals surface area contributed by atoms with E-state index in [-0.39, 0.29) is 11.4 Å². The number of nitrogens with one attached hydrogen (secondary N) is 2. The number of hydrogen-bond donors (Lipinski definition) is 2. The molecule has 2 fully saturated rings. The minimum atomic E-state index is 0.00161. The van der Waals surface area contributed by atoms with Crippen LogP contribution in [0.15, 0.2) is 0 Å². The Balaban J connectivity index is 1.75. The highest BCUT2D eigenvalue weighted by molar-refractivity contribution is 5.77. The molecule has 2 rings (SSSR count). The number of carbonyl (C=O) groups is 1. The summed E-state index contributed by atoms with van der Waals surface area (Å²) in [6.07, 6.45) is 5.75. The third kappa shape index (κ3) is 3.71. The molecule has 0 radical (unpaired) electrons. The molecule has 1 aliphatic carbocycles. The Hall–Kier alpha value is -0.570. The summed E-state index contributed by atoms with van der Waals surface area (Å²) in [5.41, 5.74) is 0.00161. The van der Waals surface area contributed by atoms with Crippen LogP contribution in [0, 0.1) is 17.8 Å². The van der Waals surface area contributed by atoms with Gasteiger partial charge in [-0.15, -0.1) is 0 Å². The van der Waals surface area contributed by atoms with Crippen LogP contribution >= 0.6 is 0 Å². The fourth-order valence-corrected chi connectivity index (χ4v) is 3.14. The van der Waals surface area contributed by atoms with Crippen LogP contribution < -0.4 is 10.6 Å². The molecule has 0 spiro atoms. The van der Waals surface area contributed by atoms with Gasteiger partial charge in [-0.1, -0.05) is 6.92 Å². The van der Waals surface area contributed by atoms with Gasteiger partial charge in [-0.25, -0.2) is 0 Å². The molecule has 1 saturated carbocycles. The second-order valence-electron chi connectivity index (χ2n) is 6.83. The largest absolute Gasteiger partial charge is 0.351 e. The van der Waals surface area contributed by atoms with Crippen molar-refractivity contribution in [3.63, 3.8) is 0 Å². The second kappa shape index (κ2) is 5.60. The lowest BCUT2D eigenvalue weighted by molar-refractivity contribution is -0.124. The summed E-state index contributed by atoms with van der Waals surface area (Å²) in [5.74, 6) is 2.11. The van der Waals surface area contributed by atoms with Crippen molar-refractivity contribution in [2.24, 2.45) is 17.8 Å². The van der Waals surface area contributed by atoms with E-state index >= 15 is 0 Å². The lowest BCUT2D eigenvalue weighted by Gasteiger charge is -2.30. The number of carbonyl (C=O) groups excluding carboxylic acids is 1. The van der Waals surface area contributed by atoms with Crippen molar-refractivity contribution in [3.8, 4) is 0 Å². The van der Waals surface area contributed by atoms with E-state index in [2.05, 4.69) is 31.4 Å². The van der Waals surface area contributed by atoms with E-state index in [1.807, 2.05) is 0 Å². The summed E-state index contributed by atoms with van der Waals surface area (Å²) in [6.45, 7) is 8.77. The van der Waals surface area contributed by atoms with Crippen molar-refractivity contribution >= 4 is 5.91 Å². The maximum atomic E-state index is 12.1. The lowest BCUT2D eigenvalue weighted by atomic mass is 9.85. The monoisotopic (exact) mass is 252 g/mol. The van der Waals surface area contributed by atoms with E-state index in [9.17, 15) is 4.79 Å². The fourth-order valence-electron chi connectivity index (χ4n) is 3.14. The van der Waals surface area contributed by atoms with Gasteiger partial charge < -0.3 is 10.6 Å². The first kappa shape index (κ1) is 13.9. The molecule has 0 aromatic carbocycles. The normalized spacial score (nSPS) is 26.7. The van der Waals surface area contributed by atoms with Crippen molar-refractivity contribution in [1.82, 2.24) is 10.6 Å². The van der Waals surface area contributed by atoms with Crippen LogP contribution in [-0.4, -0.2) is 24.5 Å². The predicted octanol–water partition coefficient (Wildman–Crippen LogP) is 2.32. The smallest absolute Gasteiger partial charge is 0.220 e. The molecule has 104 valence electrons. The summed E-state index contributed by atoms with van der Waals surface area (Å²) in [7, 11) is 0. The van der Waals surface area contributed by atoms with Crippen LogP contribution in [0.4, 0.5) is 0 Å². The van der Waals surface area contributed by atoms with Gasteiger partial charge in [0, 0.05) is 12.0 Å². The first-order valence-electron chi connectivity index (χ1n) is 7.51. The van der Waals surface area contributed by atoms with Crippen LogP contribution in [0.1, 0.15) is 52.9 Å². The van der Waals surface area contributed by atoms with Crippen LogP contribution in [-0.2, 0) is 4.79 Å². The Bertz CT molecular complexity index is 291. The van der Waals surface area contributed by atoms with Crippen molar-refractivity contribution in [3.05, 3.63) is 0 Å². The Morgan fingerprint density at radius 1 is 1.39 bits per heavy atom. The Morgan fingerprint density at radius 2 is 2.11 bits per heavy atom. The van der Waals surface area contributed by atoms with Crippen molar-refractivity contribution in [2.75, 3.05) is 13.1 Å². The van der Waals surface area contributed by atoms with Gasteiger partial charge in [0.1, 0.15) is 0 Å². The molecule has 3 nitrogen and oxygen atoms in total. The maximum absolute atomic E-state index is 12.1. The van der Waals surface area contributed by atoms with Gasteiger partial charge in [0.15, 0.2) is 0 Å². The molecule has 1 heterocycles. The molecular weight excluding hydrogens is 224 g/mol. The molecule has 2 aliphatic rings. The molecule has 3 heteroatoms. The lowest BCUT2D eigenvalue weighted by Crippen LogP contribution is -2.46. The fraction of sp³-hybridized carbons (Fsp3) is 0.933. The first-order valence-corrected chi connectivity index (χ1v) is 7.51. The molecule has 2 atom stereocenters. The highest BCUT2D eigenvalue weighted by atomic mass is 16.1. The molecule has 18 heavy (non-hydrogen) atoms. The summed E-state index contributed by atoms with van der Waals surface area (Å²) in [4.78, 5) is 12.1. The highest BCUT2D eigenvalue weighted by Crippen LogP contribution is 2.39. The summed E-state index contributed by atoms with van der Waals surface area (Å²) < 4.78 is 0. The van der Waals surface area contributed by atoms with E-state index in [0.29, 0.717) is 24.2 Å². The molecule has 0 aromatic rings. The topological polar surface area (TPSA) is 41.1 Å². The second-order valence-corrected chi connectivity index (χ2v) is 6.83. The number of amides is 1. The summed E-state index contributed by atoms with van der Waals surface area (Å²) >= 11 is 0.